The molecule has 0 aliphatic rings. The van der Waals surface area contributed by atoms with Crippen LogP contribution in [0.4, 0.5) is 17.1 Å². The molecule has 0 aromatic heterocycles. The van der Waals surface area contributed by atoms with E-state index >= 15 is 0 Å². The fourth-order valence-corrected chi connectivity index (χ4v) is 5.36. The maximum atomic E-state index is 12.7. The van der Waals surface area contributed by atoms with Gasteiger partial charge >= 0.3 is 0 Å². The van der Waals surface area contributed by atoms with Gasteiger partial charge in [-0.15, -0.1) is 0 Å². The van der Waals surface area contributed by atoms with E-state index in [9.17, 15) is 21.6 Å². The summed E-state index contributed by atoms with van der Waals surface area (Å²) in [7, 11) is -6.08. The number of nitrogens with zero attached hydrogens (tertiary/aromatic N) is 1. The molecule has 11 heteroatoms. The maximum Gasteiger partial charge on any atom is 0.261 e. The highest BCUT2D eigenvalue weighted by molar-refractivity contribution is 7.92. The van der Waals surface area contributed by atoms with E-state index in [1.165, 1.54) is 31.4 Å². The van der Waals surface area contributed by atoms with Crippen molar-refractivity contribution >= 4 is 43.0 Å². The topological polar surface area (TPSA) is 122 Å². The number of benzene rings is 3. The minimum Gasteiger partial charge on any atom is -0.497 e. The lowest BCUT2D eigenvalue weighted by molar-refractivity contribution is -0.114. The monoisotopic (exact) mass is 545 g/mol. The molecule has 9 nitrogen and oxygen atoms in total. The van der Waals surface area contributed by atoms with Crippen LogP contribution in [-0.2, 0) is 30.3 Å². The smallest absolute Gasteiger partial charge is 0.261 e. The van der Waals surface area contributed by atoms with Crippen molar-refractivity contribution in [1.82, 2.24) is 0 Å². The van der Waals surface area contributed by atoms with Gasteiger partial charge in [0.15, 0.2) is 0 Å². The molecule has 0 saturated heterocycles. The minimum atomic E-state index is -3.86. The maximum absolute atomic E-state index is 12.7. The molecular weight excluding hydrogens is 514 g/mol. The van der Waals surface area contributed by atoms with Crippen LogP contribution in [0, 0.1) is 0 Å². The lowest BCUT2D eigenvalue weighted by atomic mass is 9.87. The highest BCUT2D eigenvalue weighted by atomic mass is 32.2. The number of nitrogens with one attached hydrogen (secondary N) is 2. The molecule has 0 saturated carbocycles. The van der Waals surface area contributed by atoms with E-state index in [0.29, 0.717) is 22.8 Å². The standard InChI is InChI=1S/C26H31N3O6S2/c1-26(2,3)19-6-12-22(13-7-19)29(36(5,31)32)18-25(30)27-20-10-16-24(17-11-20)37(33,34)28-21-8-14-23(35-4)15-9-21/h6-17,28H,18H2,1-5H3,(H,27,30). The van der Waals surface area contributed by atoms with Crippen molar-refractivity contribution in [3.8, 4) is 5.75 Å². The molecule has 0 atom stereocenters. The van der Waals surface area contributed by atoms with Crippen LogP contribution in [0.1, 0.15) is 26.3 Å². The van der Waals surface area contributed by atoms with Crippen LogP contribution < -0.4 is 19.1 Å². The van der Waals surface area contributed by atoms with Gasteiger partial charge in [0.1, 0.15) is 12.3 Å². The van der Waals surface area contributed by atoms with E-state index in [1.807, 2.05) is 12.1 Å². The zero-order chi connectivity index (χ0) is 27.4. The van der Waals surface area contributed by atoms with Crippen molar-refractivity contribution in [2.24, 2.45) is 0 Å². The summed E-state index contributed by atoms with van der Waals surface area (Å²) in [5, 5.41) is 2.62. The fraction of sp³-hybridized carbons (Fsp3) is 0.269. The molecule has 3 rings (SSSR count). The summed E-state index contributed by atoms with van der Waals surface area (Å²) in [5.41, 5.74) is 2.00. The molecule has 0 radical (unpaired) electrons. The average molecular weight is 546 g/mol. The first-order chi connectivity index (χ1) is 17.2. The molecular formula is C26H31N3O6S2. The summed E-state index contributed by atoms with van der Waals surface area (Å²) < 4.78 is 58.7. The quantitative estimate of drug-likeness (QED) is 0.416. The van der Waals surface area contributed by atoms with Gasteiger partial charge < -0.3 is 10.1 Å². The second-order valence-electron chi connectivity index (χ2n) is 9.47. The van der Waals surface area contributed by atoms with Crippen LogP contribution in [-0.4, -0.2) is 42.7 Å². The Morgan fingerprint density at radius 2 is 1.38 bits per heavy atom. The molecule has 0 aliphatic carbocycles. The normalized spacial score (nSPS) is 12.0. The molecule has 0 aliphatic heterocycles. The van der Waals surface area contributed by atoms with Crippen LogP contribution >= 0.6 is 0 Å². The van der Waals surface area contributed by atoms with E-state index < -0.39 is 32.5 Å². The number of carbonyl (C=O) groups is 1. The zero-order valence-electron chi connectivity index (χ0n) is 21.3. The SMILES string of the molecule is COc1ccc(NS(=O)(=O)c2ccc(NC(=O)CN(c3ccc(C(C)(C)C)cc3)S(C)(=O)=O)cc2)cc1. The number of hydrogen-bond acceptors (Lipinski definition) is 6. The van der Waals surface area contributed by atoms with Crippen molar-refractivity contribution in [2.75, 3.05) is 34.3 Å². The molecule has 0 unspecified atom stereocenters. The van der Waals surface area contributed by atoms with Gasteiger partial charge in [-0.05, 0) is 71.6 Å². The van der Waals surface area contributed by atoms with E-state index in [2.05, 4.69) is 30.8 Å². The van der Waals surface area contributed by atoms with E-state index in [1.54, 1.807) is 36.4 Å². The number of carbonyl (C=O) groups excluding carboxylic acids is 1. The van der Waals surface area contributed by atoms with Gasteiger partial charge in [0, 0.05) is 11.4 Å². The molecule has 0 spiro atoms. The highest BCUT2D eigenvalue weighted by Crippen LogP contribution is 2.26. The summed E-state index contributed by atoms with van der Waals surface area (Å²) in [6, 6.07) is 19.0. The summed E-state index contributed by atoms with van der Waals surface area (Å²) in [5.74, 6) is 0.0247. The first-order valence-corrected chi connectivity index (χ1v) is 14.7. The average Bonchev–Trinajstić information content (AvgIpc) is 2.82. The lowest BCUT2D eigenvalue weighted by Crippen LogP contribution is -2.37. The minimum absolute atomic E-state index is 0.00184. The molecule has 1 amide bonds. The van der Waals surface area contributed by atoms with Crippen molar-refractivity contribution in [2.45, 2.75) is 31.1 Å². The molecule has 37 heavy (non-hydrogen) atoms. The van der Waals surface area contributed by atoms with E-state index in [0.717, 1.165) is 16.1 Å². The first kappa shape index (κ1) is 28.0. The van der Waals surface area contributed by atoms with Crippen molar-refractivity contribution in [3.05, 3.63) is 78.4 Å². The Morgan fingerprint density at radius 3 is 1.86 bits per heavy atom. The zero-order valence-corrected chi connectivity index (χ0v) is 23.0. The van der Waals surface area contributed by atoms with Crippen LogP contribution in [0.15, 0.2) is 77.7 Å². The van der Waals surface area contributed by atoms with Gasteiger partial charge in [-0.1, -0.05) is 32.9 Å². The Labute approximate surface area is 218 Å². The Bertz CT molecular complexity index is 1440. The number of amides is 1. The number of methoxy groups -OCH3 is 1. The fourth-order valence-electron chi connectivity index (χ4n) is 3.45. The third-order valence-corrected chi connectivity index (χ3v) is 8.04. The first-order valence-electron chi connectivity index (χ1n) is 11.3. The van der Waals surface area contributed by atoms with E-state index in [4.69, 9.17) is 4.74 Å². The van der Waals surface area contributed by atoms with E-state index in [-0.39, 0.29) is 10.3 Å². The third-order valence-electron chi connectivity index (χ3n) is 5.50. The van der Waals surface area contributed by atoms with Gasteiger partial charge in [-0.2, -0.15) is 0 Å². The van der Waals surface area contributed by atoms with Crippen LogP contribution in [0.5, 0.6) is 5.75 Å². The van der Waals surface area contributed by atoms with Gasteiger partial charge in [0.2, 0.25) is 15.9 Å². The lowest BCUT2D eigenvalue weighted by Gasteiger charge is -2.24. The summed E-state index contributed by atoms with van der Waals surface area (Å²) in [6.07, 6.45) is 1.04. The highest BCUT2D eigenvalue weighted by Gasteiger charge is 2.22. The summed E-state index contributed by atoms with van der Waals surface area (Å²) >= 11 is 0. The third kappa shape index (κ3) is 7.46. The number of sulfonamides is 2. The number of rotatable bonds is 9. The Kier molecular flexibility index (Phi) is 8.19. The molecule has 0 fully saturated rings. The van der Waals surface area contributed by atoms with Gasteiger partial charge in [-0.3, -0.25) is 13.8 Å². The molecule has 0 heterocycles. The van der Waals surface area contributed by atoms with Crippen molar-refractivity contribution in [3.63, 3.8) is 0 Å². The Morgan fingerprint density at radius 1 is 0.838 bits per heavy atom. The molecule has 198 valence electrons. The van der Waals surface area contributed by atoms with Gasteiger partial charge in [-0.25, -0.2) is 16.8 Å². The van der Waals surface area contributed by atoms with Crippen molar-refractivity contribution in [1.29, 1.82) is 0 Å². The van der Waals surface area contributed by atoms with Crippen LogP contribution in [0.3, 0.4) is 0 Å². The predicted molar refractivity (Wildman–Crippen MR) is 146 cm³/mol. The van der Waals surface area contributed by atoms with Crippen LogP contribution in [0.25, 0.3) is 0 Å². The van der Waals surface area contributed by atoms with Crippen molar-refractivity contribution < 1.29 is 26.4 Å². The molecule has 0 bridgehead atoms. The Hall–Kier alpha value is -3.57. The number of ether oxygens (including phenoxy) is 1. The Balaban J connectivity index is 1.70. The second kappa shape index (κ2) is 10.8. The molecule has 3 aromatic carbocycles. The predicted octanol–water partition coefficient (Wildman–Crippen LogP) is 4.20. The second-order valence-corrected chi connectivity index (χ2v) is 13.1. The molecule has 2 N–H and O–H groups in total. The molecule has 3 aromatic rings. The van der Waals surface area contributed by atoms with Gasteiger partial charge in [0.05, 0.1) is 23.9 Å². The van der Waals surface area contributed by atoms with Gasteiger partial charge in [0.25, 0.3) is 10.0 Å². The largest absolute Gasteiger partial charge is 0.497 e. The summed E-state index contributed by atoms with van der Waals surface area (Å²) in [6.45, 7) is 5.72. The van der Waals surface area contributed by atoms with Crippen LogP contribution in [0.2, 0.25) is 0 Å². The number of anilines is 3. The summed E-state index contributed by atoms with van der Waals surface area (Å²) in [4.78, 5) is 12.7. The number of hydrogen-bond donors (Lipinski definition) is 2.